The van der Waals surface area contributed by atoms with E-state index in [1.54, 1.807) is 18.2 Å². The second-order valence-electron chi connectivity index (χ2n) is 5.20. The van der Waals surface area contributed by atoms with Crippen LogP contribution >= 0.6 is 11.6 Å². The molecule has 0 bridgehead atoms. The maximum atomic E-state index is 11.7. The lowest BCUT2D eigenvalue weighted by atomic mass is 10.0. The van der Waals surface area contributed by atoms with Crippen molar-refractivity contribution in [2.75, 3.05) is 12.4 Å². The van der Waals surface area contributed by atoms with Crippen molar-refractivity contribution in [3.63, 3.8) is 0 Å². The molecule has 1 N–H and O–H groups in total. The molecule has 3 nitrogen and oxygen atoms in total. The van der Waals surface area contributed by atoms with Gasteiger partial charge in [-0.3, -0.25) is 0 Å². The van der Waals surface area contributed by atoms with Crippen LogP contribution in [0.15, 0.2) is 18.2 Å². The maximum Gasteiger partial charge on any atom is 0.339 e. The molecular formula is C15H22ClNO2. The molecule has 1 atom stereocenters. The minimum atomic E-state index is -0.352. The van der Waals surface area contributed by atoms with Crippen LogP contribution in [0.4, 0.5) is 5.69 Å². The first kappa shape index (κ1) is 15.8. The number of hydrogen-bond donors (Lipinski definition) is 1. The maximum absolute atomic E-state index is 11.7. The summed E-state index contributed by atoms with van der Waals surface area (Å²) >= 11 is 5.98. The topological polar surface area (TPSA) is 38.3 Å². The molecule has 0 spiro atoms. The highest BCUT2D eigenvalue weighted by Crippen LogP contribution is 2.23. The third-order valence-electron chi connectivity index (χ3n) is 2.97. The van der Waals surface area contributed by atoms with E-state index in [1.807, 2.05) is 0 Å². The lowest BCUT2D eigenvalue weighted by Crippen LogP contribution is -2.18. The van der Waals surface area contributed by atoms with Crippen LogP contribution in [0.5, 0.6) is 0 Å². The molecule has 0 saturated heterocycles. The minimum Gasteiger partial charge on any atom is -0.465 e. The summed E-state index contributed by atoms with van der Waals surface area (Å²) in [6.45, 7) is 6.50. The summed E-state index contributed by atoms with van der Waals surface area (Å²) in [6, 6.07) is 5.42. The first-order valence-electron chi connectivity index (χ1n) is 6.58. The van der Waals surface area contributed by atoms with Crippen molar-refractivity contribution in [3.05, 3.63) is 28.8 Å². The van der Waals surface area contributed by atoms with Crippen LogP contribution < -0.4 is 5.32 Å². The number of methoxy groups -OCH3 is 1. The molecule has 0 aliphatic rings. The molecule has 1 rings (SSSR count). The van der Waals surface area contributed by atoms with Crippen molar-refractivity contribution < 1.29 is 9.53 Å². The average molecular weight is 284 g/mol. The zero-order valence-corrected chi connectivity index (χ0v) is 12.8. The van der Waals surface area contributed by atoms with Gasteiger partial charge in [-0.2, -0.15) is 0 Å². The van der Waals surface area contributed by atoms with Crippen molar-refractivity contribution in [2.24, 2.45) is 5.92 Å². The standard InChI is InChI=1S/C15H22ClNO2/c1-10(2)5-6-11(3)17-14-9-12(16)7-8-13(14)15(18)19-4/h7-11,17H,5-6H2,1-4H3. The minimum absolute atomic E-state index is 0.282. The second-order valence-corrected chi connectivity index (χ2v) is 5.63. The Morgan fingerprint density at radius 2 is 2.00 bits per heavy atom. The van der Waals surface area contributed by atoms with Crippen molar-refractivity contribution in [2.45, 2.75) is 39.7 Å². The van der Waals surface area contributed by atoms with Gasteiger partial charge in [-0.05, 0) is 43.9 Å². The van der Waals surface area contributed by atoms with E-state index in [0.717, 1.165) is 18.5 Å². The summed E-state index contributed by atoms with van der Waals surface area (Å²) in [4.78, 5) is 11.7. The number of anilines is 1. The Labute approximate surface area is 120 Å². The second kappa shape index (κ2) is 7.39. The van der Waals surface area contributed by atoms with E-state index in [2.05, 4.69) is 26.1 Å². The van der Waals surface area contributed by atoms with Gasteiger partial charge in [0.05, 0.1) is 18.4 Å². The number of hydrogen-bond acceptors (Lipinski definition) is 3. The molecule has 4 heteroatoms. The van der Waals surface area contributed by atoms with E-state index < -0.39 is 0 Å². The molecule has 0 saturated carbocycles. The number of carbonyl (C=O) groups excluding carboxylic acids is 1. The SMILES string of the molecule is COC(=O)c1ccc(Cl)cc1NC(C)CCC(C)C. The number of nitrogens with one attached hydrogen (secondary N) is 1. The van der Waals surface area contributed by atoms with E-state index in [4.69, 9.17) is 16.3 Å². The number of carbonyl (C=O) groups is 1. The molecular weight excluding hydrogens is 262 g/mol. The Bertz CT molecular complexity index is 432. The molecule has 0 amide bonds. The van der Waals surface area contributed by atoms with E-state index in [0.29, 0.717) is 16.5 Å². The lowest BCUT2D eigenvalue weighted by molar-refractivity contribution is 0.0602. The van der Waals surface area contributed by atoms with E-state index in [-0.39, 0.29) is 12.0 Å². The number of ether oxygens (including phenoxy) is 1. The molecule has 0 heterocycles. The Hall–Kier alpha value is -1.22. The highest BCUT2D eigenvalue weighted by Gasteiger charge is 2.14. The van der Waals surface area contributed by atoms with E-state index >= 15 is 0 Å². The summed E-state index contributed by atoms with van der Waals surface area (Å²) in [6.07, 6.45) is 2.19. The van der Waals surface area contributed by atoms with Crippen LogP contribution in [0.3, 0.4) is 0 Å². The predicted octanol–water partition coefficient (Wildman–Crippen LogP) is 4.36. The predicted molar refractivity (Wildman–Crippen MR) is 79.9 cm³/mol. The molecule has 0 aromatic heterocycles. The number of rotatable bonds is 6. The van der Waals surface area contributed by atoms with Crippen molar-refractivity contribution >= 4 is 23.3 Å². The van der Waals surface area contributed by atoms with E-state index in [1.165, 1.54) is 7.11 Å². The summed E-state index contributed by atoms with van der Waals surface area (Å²) in [5.41, 5.74) is 1.25. The van der Waals surface area contributed by atoms with Crippen LogP contribution in [0.25, 0.3) is 0 Å². The third kappa shape index (κ3) is 5.11. The smallest absolute Gasteiger partial charge is 0.339 e. The van der Waals surface area contributed by atoms with Gasteiger partial charge in [0.1, 0.15) is 0 Å². The molecule has 1 aromatic rings. The summed E-state index contributed by atoms with van der Waals surface area (Å²) < 4.78 is 4.77. The number of halogens is 1. The monoisotopic (exact) mass is 283 g/mol. The van der Waals surface area contributed by atoms with Crippen LogP contribution in [-0.4, -0.2) is 19.1 Å². The Morgan fingerprint density at radius 1 is 1.32 bits per heavy atom. The first-order valence-corrected chi connectivity index (χ1v) is 6.96. The van der Waals surface area contributed by atoms with Gasteiger partial charge < -0.3 is 10.1 Å². The molecule has 19 heavy (non-hydrogen) atoms. The number of benzene rings is 1. The van der Waals surface area contributed by atoms with Gasteiger partial charge in [0, 0.05) is 11.1 Å². The average Bonchev–Trinajstić information content (AvgIpc) is 2.35. The van der Waals surface area contributed by atoms with Crippen molar-refractivity contribution in [1.29, 1.82) is 0 Å². The van der Waals surface area contributed by atoms with Gasteiger partial charge in [-0.25, -0.2) is 4.79 Å². The summed E-state index contributed by atoms with van der Waals surface area (Å²) in [5, 5.41) is 3.94. The van der Waals surface area contributed by atoms with Crippen molar-refractivity contribution in [3.8, 4) is 0 Å². The zero-order chi connectivity index (χ0) is 14.4. The van der Waals surface area contributed by atoms with Crippen LogP contribution in [0.1, 0.15) is 44.0 Å². The Morgan fingerprint density at radius 3 is 2.58 bits per heavy atom. The third-order valence-corrected chi connectivity index (χ3v) is 3.20. The normalized spacial score (nSPS) is 12.3. The summed E-state index contributed by atoms with van der Waals surface area (Å²) in [7, 11) is 1.38. The van der Waals surface area contributed by atoms with Crippen LogP contribution in [0.2, 0.25) is 5.02 Å². The fraction of sp³-hybridized carbons (Fsp3) is 0.533. The van der Waals surface area contributed by atoms with Gasteiger partial charge >= 0.3 is 5.97 Å². The Balaban J connectivity index is 2.80. The molecule has 0 aliphatic heterocycles. The number of esters is 1. The molecule has 0 aliphatic carbocycles. The van der Waals surface area contributed by atoms with Gasteiger partial charge in [-0.1, -0.05) is 25.4 Å². The van der Waals surface area contributed by atoms with Crippen LogP contribution in [-0.2, 0) is 4.74 Å². The largest absolute Gasteiger partial charge is 0.465 e. The lowest BCUT2D eigenvalue weighted by Gasteiger charge is -2.18. The Kier molecular flexibility index (Phi) is 6.16. The fourth-order valence-corrected chi connectivity index (χ4v) is 2.02. The molecule has 0 radical (unpaired) electrons. The highest BCUT2D eigenvalue weighted by molar-refractivity contribution is 6.31. The molecule has 0 fully saturated rings. The molecule has 1 aromatic carbocycles. The van der Waals surface area contributed by atoms with Crippen molar-refractivity contribution in [1.82, 2.24) is 0 Å². The van der Waals surface area contributed by atoms with Gasteiger partial charge in [0.15, 0.2) is 0 Å². The van der Waals surface area contributed by atoms with Gasteiger partial charge in [0.2, 0.25) is 0 Å². The quantitative estimate of drug-likeness (QED) is 0.788. The summed E-state index contributed by atoms with van der Waals surface area (Å²) in [5.74, 6) is 0.318. The van der Waals surface area contributed by atoms with Crippen LogP contribution in [0, 0.1) is 5.92 Å². The first-order chi connectivity index (χ1) is 8.93. The molecule has 106 valence electrons. The zero-order valence-electron chi connectivity index (χ0n) is 12.0. The van der Waals surface area contributed by atoms with Gasteiger partial charge in [0.25, 0.3) is 0 Å². The van der Waals surface area contributed by atoms with Gasteiger partial charge in [-0.15, -0.1) is 0 Å². The molecule has 1 unspecified atom stereocenters. The van der Waals surface area contributed by atoms with E-state index in [9.17, 15) is 4.79 Å². The highest BCUT2D eigenvalue weighted by atomic mass is 35.5. The fourth-order valence-electron chi connectivity index (χ4n) is 1.84.